The monoisotopic (exact) mass is 395 g/mol. The largest absolute Gasteiger partial charge is 0.486 e. The molecule has 2 aliphatic heterocycles. The van der Waals surface area contributed by atoms with E-state index in [9.17, 15) is 4.39 Å². The Morgan fingerprint density at radius 3 is 2.66 bits per heavy atom. The summed E-state index contributed by atoms with van der Waals surface area (Å²) in [5.41, 5.74) is 2.19. The lowest BCUT2D eigenvalue weighted by Gasteiger charge is -2.37. The number of para-hydroxylation sites is 2. The molecular weight excluding hydrogens is 369 g/mol. The summed E-state index contributed by atoms with van der Waals surface area (Å²) in [6.45, 7) is 6.64. The number of fused-ring (bicyclic) bond motifs is 2. The first-order valence-electron chi connectivity index (χ1n) is 10.3. The first kappa shape index (κ1) is 18.5. The second kappa shape index (κ2) is 8.05. The van der Waals surface area contributed by atoms with Crippen molar-refractivity contribution in [2.45, 2.75) is 12.5 Å². The van der Waals surface area contributed by atoms with Crippen LogP contribution in [-0.4, -0.2) is 66.8 Å². The maximum atomic E-state index is 13.6. The van der Waals surface area contributed by atoms with Crippen LogP contribution in [0.3, 0.4) is 0 Å². The van der Waals surface area contributed by atoms with Gasteiger partial charge in [0.1, 0.15) is 18.5 Å². The van der Waals surface area contributed by atoms with Crippen molar-refractivity contribution in [3.8, 4) is 11.5 Å². The number of hydrogen-bond donors (Lipinski definition) is 1. The van der Waals surface area contributed by atoms with Crippen LogP contribution in [0.1, 0.15) is 5.56 Å². The lowest BCUT2D eigenvalue weighted by atomic mass is 10.1. The lowest BCUT2D eigenvalue weighted by Crippen LogP contribution is -2.50. The van der Waals surface area contributed by atoms with E-state index in [-0.39, 0.29) is 11.9 Å². The molecule has 0 aliphatic carbocycles. The number of halogens is 1. The Morgan fingerprint density at radius 1 is 1.00 bits per heavy atom. The predicted octanol–water partition coefficient (Wildman–Crippen LogP) is 3.31. The van der Waals surface area contributed by atoms with E-state index in [1.807, 2.05) is 36.5 Å². The zero-order chi connectivity index (χ0) is 19.6. The third-order valence-electron chi connectivity index (χ3n) is 5.92. The molecule has 0 saturated carbocycles. The Balaban J connectivity index is 1.10. The van der Waals surface area contributed by atoms with E-state index >= 15 is 0 Å². The van der Waals surface area contributed by atoms with Crippen molar-refractivity contribution in [1.29, 1.82) is 0 Å². The average Bonchev–Trinajstić information content (AvgIpc) is 3.15. The molecular formula is C23H26FN3O2. The molecule has 3 heterocycles. The summed E-state index contributed by atoms with van der Waals surface area (Å²) in [4.78, 5) is 8.19. The molecule has 5 nitrogen and oxygen atoms in total. The van der Waals surface area contributed by atoms with Crippen molar-refractivity contribution in [2.75, 3.05) is 45.9 Å². The van der Waals surface area contributed by atoms with Crippen LogP contribution in [0.15, 0.2) is 48.7 Å². The molecule has 29 heavy (non-hydrogen) atoms. The number of nitrogens with zero attached hydrogens (tertiary/aromatic N) is 2. The first-order valence-corrected chi connectivity index (χ1v) is 10.3. The van der Waals surface area contributed by atoms with Gasteiger partial charge in [0.15, 0.2) is 11.5 Å². The molecule has 3 aromatic rings. The molecule has 0 amide bonds. The highest BCUT2D eigenvalue weighted by Gasteiger charge is 2.25. The Kier molecular flexibility index (Phi) is 5.12. The van der Waals surface area contributed by atoms with Gasteiger partial charge < -0.3 is 19.4 Å². The average molecular weight is 395 g/mol. The number of nitrogens with one attached hydrogen (secondary N) is 1. The van der Waals surface area contributed by atoms with Gasteiger partial charge in [-0.25, -0.2) is 4.39 Å². The zero-order valence-corrected chi connectivity index (χ0v) is 16.4. The van der Waals surface area contributed by atoms with Crippen LogP contribution < -0.4 is 9.47 Å². The van der Waals surface area contributed by atoms with Crippen LogP contribution in [-0.2, 0) is 6.42 Å². The van der Waals surface area contributed by atoms with E-state index in [0.29, 0.717) is 6.61 Å². The van der Waals surface area contributed by atoms with E-state index in [0.717, 1.165) is 68.1 Å². The van der Waals surface area contributed by atoms with Crippen LogP contribution in [0.2, 0.25) is 0 Å². The summed E-state index contributed by atoms with van der Waals surface area (Å²) in [6.07, 6.45) is 3.02. The van der Waals surface area contributed by atoms with Gasteiger partial charge in [0.25, 0.3) is 0 Å². The molecule has 6 heteroatoms. The van der Waals surface area contributed by atoms with Crippen molar-refractivity contribution < 1.29 is 13.9 Å². The molecule has 0 bridgehead atoms. The molecule has 1 atom stereocenters. The molecule has 0 radical (unpaired) electrons. The van der Waals surface area contributed by atoms with Crippen LogP contribution in [0.25, 0.3) is 10.9 Å². The fourth-order valence-corrected chi connectivity index (χ4v) is 4.27. The molecule has 1 unspecified atom stereocenters. The molecule has 1 fully saturated rings. The number of rotatable bonds is 5. The number of piperazine rings is 1. The van der Waals surface area contributed by atoms with E-state index in [4.69, 9.17) is 9.47 Å². The number of H-pyrrole nitrogens is 1. The maximum absolute atomic E-state index is 13.6. The zero-order valence-electron chi connectivity index (χ0n) is 16.4. The minimum atomic E-state index is -0.177. The highest BCUT2D eigenvalue weighted by atomic mass is 19.1. The number of aromatic nitrogens is 1. The van der Waals surface area contributed by atoms with Gasteiger partial charge in [0.05, 0.1) is 0 Å². The van der Waals surface area contributed by atoms with Gasteiger partial charge in [-0.2, -0.15) is 0 Å². The number of hydrogen-bond acceptors (Lipinski definition) is 4. The summed E-state index contributed by atoms with van der Waals surface area (Å²) >= 11 is 0. The van der Waals surface area contributed by atoms with E-state index in [1.165, 1.54) is 11.6 Å². The highest BCUT2D eigenvalue weighted by Crippen LogP contribution is 2.31. The smallest absolute Gasteiger partial charge is 0.161 e. The molecule has 152 valence electrons. The molecule has 5 rings (SSSR count). The lowest BCUT2D eigenvalue weighted by molar-refractivity contribution is 0.0406. The minimum Gasteiger partial charge on any atom is -0.486 e. The first-order chi connectivity index (χ1) is 14.2. The van der Waals surface area contributed by atoms with E-state index in [2.05, 4.69) is 14.8 Å². The van der Waals surface area contributed by atoms with Gasteiger partial charge in [-0.15, -0.1) is 0 Å². The van der Waals surface area contributed by atoms with Crippen molar-refractivity contribution in [2.24, 2.45) is 0 Å². The normalized spacial score (nSPS) is 20.2. The van der Waals surface area contributed by atoms with Crippen LogP contribution in [0.5, 0.6) is 11.5 Å². The van der Waals surface area contributed by atoms with Gasteiger partial charge in [0, 0.05) is 56.4 Å². The second-order valence-electron chi connectivity index (χ2n) is 7.89. The third-order valence-corrected chi connectivity index (χ3v) is 5.92. The number of ether oxygens (including phenoxy) is 2. The highest BCUT2D eigenvalue weighted by molar-refractivity contribution is 5.83. The molecule has 1 aromatic heterocycles. The molecule has 1 saturated heterocycles. The molecule has 1 N–H and O–H groups in total. The van der Waals surface area contributed by atoms with Gasteiger partial charge in [0.2, 0.25) is 0 Å². The van der Waals surface area contributed by atoms with E-state index in [1.54, 1.807) is 6.07 Å². The third kappa shape index (κ3) is 4.09. The summed E-state index contributed by atoms with van der Waals surface area (Å²) in [5.74, 6) is 1.51. The van der Waals surface area contributed by atoms with Gasteiger partial charge in [-0.3, -0.25) is 4.90 Å². The van der Waals surface area contributed by atoms with Crippen molar-refractivity contribution in [1.82, 2.24) is 14.8 Å². The van der Waals surface area contributed by atoms with Crippen LogP contribution in [0.4, 0.5) is 4.39 Å². The maximum Gasteiger partial charge on any atom is 0.161 e. The Bertz CT molecular complexity index is 981. The number of benzene rings is 2. The van der Waals surface area contributed by atoms with E-state index < -0.39 is 0 Å². The standard InChI is InChI=1S/C23H26FN3O2/c24-18-5-6-21-20(13-18)17(14-25-21)7-8-26-9-11-27(12-10-26)15-19-16-28-22-3-1-2-4-23(22)29-19/h1-6,13-14,19,25H,7-12,15-16H2. The Labute approximate surface area is 170 Å². The predicted molar refractivity (Wildman–Crippen MR) is 111 cm³/mol. The number of aromatic amines is 1. The quantitative estimate of drug-likeness (QED) is 0.720. The minimum absolute atomic E-state index is 0.0811. The SMILES string of the molecule is Fc1ccc2[nH]cc(CCN3CCN(CC4COc5ccccc5O4)CC3)c2c1. The summed E-state index contributed by atoms with van der Waals surface area (Å²) in [7, 11) is 0. The van der Waals surface area contributed by atoms with Crippen molar-refractivity contribution >= 4 is 10.9 Å². The molecule has 2 aromatic carbocycles. The van der Waals surface area contributed by atoms with Crippen molar-refractivity contribution in [3.05, 3.63) is 60.0 Å². The van der Waals surface area contributed by atoms with Crippen molar-refractivity contribution in [3.63, 3.8) is 0 Å². The summed E-state index contributed by atoms with van der Waals surface area (Å²) in [5, 5.41) is 0.998. The summed E-state index contributed by atoms with van der Waals surface area (Å²) < 4.78 is 25.5. The fourth-order valence-electron chi connectivity index (χ4n) is 4.27. The molecule has 2 aliphatic rings. The van der Waals surface area contributed by atoms with Gasteiger partial charge in [-0.05, 0) is 42.3 Å². The van der Waals surface area contributed by atoms with Gasteiger partial charge in [-0.1, -0.05) is 12.1 Å². The fraction of sp³-hybridized carbons (Fsp3) is 0.391. The van der Waals surface area contributed by atoms with Crippen LogP contribution >= 0.6 is 0 Å². The summed E-state index contributed by atoms with van der Waals surface area (Å²) in [6, 6.07) is 12.8. The van der Waals surface area contributed by atoms with Crippen LogP contribution in [0, 0.1) is 5.82 Å². The topological polar surface area (TPSA) is 40.7 Å². The Hall–Kier alpha value is -2.57. The second-order valence-corrected chi connectivity index (χ2v) is 7.89. The van der Waals surface area contributed by atoms with Gasteiger partial charge >= 0.3 is 0 Å². The Morgan fingerprint density at radius 2 is 1.79 bits per heavy atom. The molecule has 0 spiro atoms.